The number of carbonyl (C=O) groups excluding carboxylic acids is 3. The zero-order valence-electron chi connectivity index (χ0n) is 37.9. The summed E-state index contributed by atoms with van der Waals surface area (Å²) < 4.78 is 16.7. The smallest absolute Gasteiger partial charge is 0.306 e. The molecule has 57 heavy (non-hydrogen) atoms. The maximum absolute atomic E-state index is 12.7. The minimum atomic E-state index is -0.784. The van der Waals surface area contributed by atoms with Crippen LogP contribution in [-0.4, -0.2) is 37.2 Å². The number of hydrogen-bond acceptors (Lipinski definition) is 6. The second-order valence-corrected chi connectivity index (χ2v) is 16.4. The van der Waals surface area contributed by atoms with Gasteiger partial charge in [0.2, 0.25) is 0 Å². The summed E-state index contributed by atoms with van der Waals surface area (Å²) in [7, 11) is 0. The van der Waals surface area contributed by atoms with Crippen molar-refractivity contribution >= 4 is 17.9 Å². The molecule has 1 unspecified atom stereocenters. The highest BCUT2D eigenvalue weighted by molar-refractivity contribution is 5.71. The van der Waals surface area contributed by atoms with Crippen molar-refractivity contribution in [3.8, 4) is 0 Å². The maximum atomic E-state index is 12.7. The molecule has 0 N–H and O–H groups in total. The fourth-order valence-electron chi connectivity index (χ4n) is 6.87. The van der Waals surface area contributed by atoms with Crippen molar-refractivity contribution < 1.29 is 28.6 Å². The molecule has 1 atom stereocenters. The van der Waals surface area contributed by atoms with Crippen LogP contribution in [0.1, 0.15) is 252 Å². The number of rotatable bonds is 44. The van der Waals surface area contributed by atoms with Gasteiger partial charge < -0.3 is 14.2 Å². The van der Waals surface area contributed by atoms with Crippen LogP contribution >= 0.6 is 0 Å². The second kappa shape index (κ2) is 46.3. The van der Waals surface area contributed by atoms with Crippen molar-refractivity contribution in [3.05, 3.63) is 36.5 Å². The van der Waals surface area contributed by atoms with Crippen molar-refractivity contribution in [1.82, 2.24) is 0 Å². The third-order valence-electron chi connectivity index (χ3n) is 10.6. The van der Waals surface area contributed by atoms with Gasteiger partial charge in [-0.2, -0.15) is 0 Å². The summed E-state index contributed by atoms with van der Waals surface area (Å²) in [5.41, 5.74) is 0. The predicted molar refractivity (Wildman–Crippen MR) is 242 cm³/mol. The SMILES string of the molecule is CCCC/C=C\C=C/CCCCCC(=O)OC(COC(=O)CCCCCCC/C=C\CCCC)COC(=O)CCCCCCCCCCCCCCCCCCC. The fourth-order valence-corrected chi connectivity index (χ4v) is 6.87. The number of allylic oxidation sites excluding steroid dienone is 6. The van der Waals surface area contributed by atoms with Crippen LogP contribution < -0.4 is 0 Å². The lowest BCUT2D eigenvalue weighted by Gasteiger charge is -2.18. The van der Waals surface area contributed by atoms with E-state index in [4.69, 9.17) is 14.2 Å². The average molecular weight is 801 g/mol. The first-order valence-corrected chi connectivity index (χ1v) is 24.5. The molecule has 0 aromatic carbocycles. The highest BCUT2D eigenvalue weighted by Crippen LogP contribution is 2.15. The molecular formula is C51H92O6. The molecule has 0 saturated heterocycles. The van der Waals surface area contributed by atoms with Crippen LogP contribution in [0.15, 0.2) is 36.5 Å². The quantitative estimate of drug-likeness (QED) is 0.0201. The molecule has 0 spiro atoms. The van der Waals surface area contributed by atoms with E-state index in [0.29, 0.717) is 19.3 Å². The third-order valence-corrected chi connectivity index (χ3v) is 10.6. The van der Waals surface area contributed by atoms with Crippen LogP contribution in [0.3, 0.4) is 0 Å². The van der Waals surface area contributed by atoms with E-state index < -0.39 is 6.10 Å². The topological polar surface area (TPSA) is 78.9 Å². The van der Waals surface area contributed by atoms with Gasteiger partial charge >= 0.3 is 17.9 Å². The monoisotopic (exact) mass is 801 g/mol. The van der Waals surface area contributed by atoms with Gasteiger partial charge in [0.15, 0.2) is 6.10 Å². The number of carbonyl (C=O) groups is 3. The predicted octanol–water partition coefficient (Wildman–Crippen LogP) is 15.8. The molecule has 332 valence electrons. The fraction of sp³-hybridized carbons (Fsp3) is 0.824. The van der Waals surface area contributed by atoms with Crippen molar-refractivity contribution in [2.75, 3.05) is 13.2 Å². The van der Waals surface area contributed by atoms with Gasteiger partial charge in [-0.3, -0.25) is 14.4 Å². The molecule has 0 aliphatic heterocycles. The average Bonchev–Trinajstić information content (AvgIpc) is 3.21. The van der Waals surface area contributed by atoms with Crippen molar-refractivity contribution in [3.63, 3.8) is 0 Å². The first-order valence-electron chi connectivity index (χ1n) is 24.5. The lowest BCUT2D eigenvalue weighted by Crippen LogP contribution is -2.30. The van der Waals surface area contributed by atoms with Gasteiger partial charge in [-0.1, -0.05) is 211 Å². The Morgan fingerprint density at radius 1 is 0.351 bits per heavy atom. The van der Waals surface area contributed by atoms with Crippen LogP contribution in [0.5, 0.6) is 0 Å². The molecule has 0 saturated carbocycles. The van der Waals surface area contributed by atoms with Crippen LogP contribution in [0.25, 0.3) is 0 Å². The van der Waals surface area contributed by atoms with E-state index >= 15 is 0 Å². The summed E-state index contributed by atoms with van der Waals surface area (Å²) in [6.07, 6.45) is 52.7. The molecule has 0 radical (unpaired) electrons. The van der Waals surface area contributed by atoms with Crippen LogP contribution in [0, 0.1) is 0 Å². The van der Waals surface area contributed by atoms with Crippen molar-refractivity contribution in [2.24, 2.45) is 0 Å². The van der Waals surface area contributed by atoms with E-state index in [9.17, 15) is 14.4 Å². The normalized spacial score (nSPS) is 12.3. The Morgan fingerprint density at radius 3 is 1.07 bits per heavy atom. The van der Waals surface area contributed by atoms with Gasteiger partial charge in [-0.05, 0) is 57.8 Å². The minimum Gasteiger partial charge on any atom is -0.462 e. The van der Waals surface area contributed by atoms with Crippen molar-refractivity contribution in [2.45, 2.75) is 258 Å². The Hall–Kier alpha value is -2.37. The molecule has 0 aromatic rings. The zero-order chi connectivity index (χ0) is 41.5. The Kier molecular flexibility index (Phi) is 44.4. The third kappa shape index (κ3) is 44.6. The molecule has 6 heteroatoms. The summed E-state index contributed by atoms with van der Waals surface area (Å²) in [5, 5.41) is 0. The van der Waals surface area contributed by atoms with Gasteiger partial charge in [0.05, 0.1) is 0 Å². The highest BCUT2D eigenvalue weighted by Gasteiger charge is 2.19. The van der Waals surface area contributed by atoms with Gasteiger partial charge in [-0.25, -0.2) is 0 Å². The summed E-state index contributed by atoms with van der Waals surface area (Å²) in [5.74, 6) is -0.916. The zero-order valence-corrected chi connectivity index (χ0v) is 37.9. The molecule has 0 heterocycles. The molecule has 0 aliphatic carbocycles. The summed E-state index contributed by atoms with van der Waals surface area (Å²) >= 11 is 0. The first-order chi connectivity index (χ1) is 28.0. The van der Waals surface area contributed by atoms with Crippen molar-refractivity contribution in [1.29, 1.82) is 0 Å². The van der Waals surface area contributed by atoms with E-state index in [-0.39, 0.29) is 31.1 Å². The molecule has 6 nitrogen and oxygen atoms in total. The van der Waals surface area contributed by atoms with E-state index in [1.807, 2.05) is 0 Å². The molecule has 0 aromatic heterocycles. The minimum absolute atomic E-state index is 0.0831. The second-order valence-electron chi connectivity index (χ2n) is 16.4. The highest BCUT2D eigenvalue weighted by atomic mass is 16.6. The molecule has 0 amide bonds. The number of ether oxygens (including phenoxy) is 3. The Labute approximate surface area is 353 Å². The molecular weight excluding hydrogens is 709 g/mol. The van der Waals surface area contributed by atoms with Crippen LogP contribution in [0.4, 0.5) is 0 Å². The lowest BCUT2D eigenvalue weighted by molar-refractivity contribution is -0.167. The first kappa shape index (κ1) is 54.6. The standard InChI is InChI=1S/C51H92O6/c1-4-7-10-13-16-19-22-23-24-25-26-27-30-32-35-38-41-44-50(53)56-47-48(57-51(54)45-42-39-36-33-29-21-18-15-12-9-6-3)46-55-49(52)43-40-37-34-31-28-20-17-14-11-8-5-2/h14-15,17-18,21,29,48H,4-13,16,19-20,22-28,30-47H2,1-3H3/b17-14-,18-15-,29-21-. The Morgan fingerprint density at radius 2 is 0.649 bits per heavy atom. The number of unbranched alkanes of at least 4 members (excludes halogenated alkanes) is 28. The van der Waals surface area contributed by atoms with E-state index in [0.717, 1.165) is 77.0 Å². The van der Waals surface area contributed by atoms with Gasteiger partial charge in [0, 0.05) is 19.3 Å². The Balaban J connectivity index is 4.33. The van der Waals surface area contributed by atoms with E-state index in [1.165, 1.54) is 135 Å². The van der Waals surface area contributed by atoms with E-state index in [1.54, 1.807) is 0 Å². The molecule has 0 rings (SSSR count). The molecule has 0 bridgehead atoms. The summed E-state index contributed by atoms with van der Waals surface area (Å²) in [4.78, 5) is 37.8. The molecule has 0 aliphatic rings. The Bertz CT molecular complexity index is 969. The number of hydrogen-bond donors (Lipinski definition) is 0. The molecule has 0 fully saturated rings. The van der Waals surface area contributed by atoms with Gasteiger partial charge in [-0.15, -0.1) is 0 Å². The number of esters is 3. The lowest BCUT2D eigenvalue weighted by atomic mass is 10.0. The largest absolute Gasteiger partial charge is 0.462 e. The van der Waals surface area contributed by atoms with Gasteiger partial charge in [0.25, 0.3) is 0 Å². The summed E-state index contributed by atoms with van der Waals surface area (Å²) in [6.45, 7) is 6.53. The van der Waals surface area contributed by atoms with Gasteiger partial charge in [0.1, 0.15) is 13.2 Å². The van der Waals surface area contributed by atoms with Crippen LogP contribution in [0.2, 0.25) is 0 Å². The summed E-state index contributed by atoms with van der Waals surface area (Å²) in [6, 6.07) is 0. The van der Waals surface area contributed by atoms with E-state index in [2.05, 4.69) is 57.2 Å². The van der Waals surface area contributed by atoms with Crippen LogP contribution in [-0.2, 0) is 28.6 Å². The maximum Gasteiger partial charge on any atom is 0.306 e.